The quantitative estimate of drug-likeness (QED) is 0.236. The number of nitrogens with zero attached hydrogens (tertiary/aromatic N) is 6. The lowest BCUT2D eigenvalue weighted by Crippen LogP contribution is -2.57. The Morgan fingerprint density at radius 2 is 1.91 bits per heavy atom. The highest BCUT2D eigenvalue weighted by atomic mass is 35.5. The molecule has 44 heavy (non-hydrogen) atoms. The number of anilines is 2. The number of carbonyl (C=O) groups is 1. The first-order chi connectivity index (χ1) is 21.1. The van der Waals surface area contributed by atoms with Crippen LogP contribution in [0.1, 0.15) is 36.5 Å². The van der Waals surface area contributed by atoms with Crippen molar-refractivity contribution in [3.05, 3.63) is 80.8 Å². The van der Waals surface area contributed by atoms with Crippen LogP contribution in [0.3, 0.4) is 0 Å². The third kappa shape index (κ3) is 5.21. The number of rotatable bonds is 8. The molecule has 1 saturated carbocycles. The van der Waals surface area contributed by atoms with Crippen molar-refractivity contribution in [3.63, 3.8) is 0 Å². The van der Waals surface area contributed by atoms with Gasteiger partial charge in [-0.2, -0.15) is 0 Å². The SMILES string of the molecule is CC(=O)c1cn(-c2ccc(N3CC(N(C)C)C3)nc2)c2cc(N3CC4(CC4)C[C@@H]3COc3ncccc3Cl)c(Cl)cc2c1=O. The fourth-order valence-electron chi connectivity index (χ4n) is 6.48. The largest absolute Gasteiger partial charge is 0.474 e. The summed E-state index contributed by atoms with van der Waals surface area (Å²) in [5, 5.41) is 1.32. The second kappa shape index (κ2) is 11.1. The second-order valence-electron chi connectivity index (χ2n) is 12.6. The van der Waals surface area contributed by atoms with Crippen molar-refractivity contribution in [2.75, 3.05) is 50.1 Å². The van der Waals surface area contributed by atoms with E-state index in [-0.39, 0.29) is 28.2 Å². The predicted octanol–water partition coefficient (Wildman–Crippen LogP) is 5.48. The molecule has 11 heteroatoms. The fraction of sp³-hybridized carbons (Fsp3) is 0.394. The summed E-state index contributed by atoms with van der Waals surface area (Å²) in [7, 11) is 4.18. The molecule has 0 amide bonds. The van der Waals surface area contributed by atoms with E-state index in [0.29, 0.717) is 39.5 Å². The van der Waals surface area contributed by atoms with Crippen molar-refractivity contribution in [1.29, 1.82) is 0 Å². The summed E-state index contributed by atoms with van der Waals surface area (Å²) >= 11 is 13.3. The Balaban J connectivity index is 1.27. The van der Waals surface area contributed by atoms with Gasteiger partial charge in [0.15, 0.2) is 11.2 Å². The maximum Gasteiger partial charge on any atom is 0.232 e. The molecule has 0 radical (unpaired) electrons. The summed E-state index contributed by atoms with van der Waals surface area (Å²) in [6.45, 7) is 4.50. The van der Waals surface area contributed by atoms with Crippen LogP contribution in [0, 0.1) is 5.41 Å². The molecule has 3 aliphatic rings. The van der Waals surface area contributed by atoms with Gasteiger partial charge in [-0.3, -0.25) is 9.59 Å². The number of Topliss-reactive ketones (excluding diaryl/α,β-unsaturated/α-hetero) is 1. The molecule has 2 saturated heterocycles. The number of likely N-dealkylation sites (N-methyl/N-ethyl adjacent to an activating group) is 1. The van der Waals surface area contributed by atoms with Gasteiger partial charge < -0.3 is 24.0 Å². The minimum absolute atomic E-state index is 0.0469. The minimum Gasteiger partial charge on any atom is -0.474 e. The predicted molar refractivity (Wildman–Crippen MR) is 174 cm³/mol. The molecule has 0 bridgehead atoms. The lowest BCUT2D eigenvalue weighted by atomic mass is 10.0. The minimum atomic E-state index is -0.332. The Bertz CT molecular complexity index is 1820. The highest BCUT2D eigenvalue weighted by Crippen LogP contribution is 2.56. The van der Waals surface area contributed by atoms with Crippen LogP contribution in [-0.2, 0) is 0 Å². The van der Waals surface area contributed by atoms with Crippen LogP contribution < -0.4 is 20.0 Å². The Labute approximate surface area is 266 Å². The van der Waals surface area contributed by atoms with Crippen LogP contribution in [0.25, 0.3) is 16.6 Å². The maximum atomic E-state index is 13.5. The first-order valence-corrected chi connectivity index (χ1v) is 15.7. The highest BCUT2D eigenvalue weighted by Gasteiger charge is 2.52. The molecule has 1 spiro atoms. The van der Waals surface area contributed by atoms with Gasteiger partial charge in [0.25, 0.3) is 0 Å². The van der Waals surface area contributed by atoms with Gasteiger partial charge >= 0.3 is 0 Å². The van der Waals surface area contributed by atoms with E-state index in [1.54, 1.807) is 36.8 Å². The van der Waals surface area contributed by atoms with Crippen molar-refractivity contribution >= 4 is 51.4 Å². The van der Waals surface area contributed by atoms with Crippen molar-refractivity contribution in [2.45, 2.75) is 38.3 Å². The lowest BCUT2D eigenvalue weighted by Gasteiger charge is -2.43. The Morgan fingerprint density at radius 1 is 1.11 bits per heavy atom. The number of halogens is 2. The van der Waals surface area contributed by atoms with E-state index in [4.69, 9.17) is 32.9 Å². The van der Waals surface area contributed by atoms with Crippen molar-refractivity contribution in [3.8, 4) is 11.6 Å². The molecule has 1 aromatic carbocycles. The number of fused-ring (bicyclic) bond motifs is 1. The van der Waals surface area contributed by atoms with Gasteiger partial charge in [-0.1, -0.05) is 23.2 Å². The highest BCUT2D eigenvalue weighted by molar-refractivity contribution is 6.34. The lowest BCUT2D eigenvalue weighted by molar-refractivity contribution is 0.101. The smallest absolute Gasteiger partial charge is 0.232 e. The number of benzene rings is 1. The third-order valence-electron chi connectivity index (χ3n) is 9.40. The van der Waals surface area contributed by atoms with E-state index in [2.05, 4.69) is 33.8 Å². The van der Waals surface area contributed by atoms with E-state index < -0.39 is 0 Å². The van der Waals surface area contributed by atoms with Crippen LogP contribution >= 0.6 is 23.2 Å². The van der Waals surface area contributed by atoms with Crippen molar-refractivity contribution in [2.24, 2.45) is 5.41 Å². The molecule has 0 unspecified atom stereocenters. The monoisotopic (exact) mass is 632 g/mol. The Morgan fingerprint density at radius 3 is 2.57 bits per heavy atom. The molecule has 9 nitrogen and oxygen atoms in total. The summed E-state index contributed by atoms with van der Waals surface area (Å²) in [5.74, 6) is 1.01. The average Bonchev–Trinajstić information content (AvgIpc) is 3.63. The number of hydrogen-bond acceptors (Lipinski definition) is 8. The molecule has 4 aromatic rings. The van der Waals surface area contributed by atoms with E-state index >= 15 is 0 Å². The second-order valence-corrected chi connectivity index (χ2v) is 13.4. The Hall–Kier alpha value is -3.66. The molecular weight excluding hydrogens is 599 g/mol. The third-order valence-corrected chi connectivity index (χ3v) is 9.99. The van der Waals surface area contributed by atoms with Gasteiger partial charge in [0.2, 0.25) is 5.88 Å². The van der Waals surface area contributed by atoms with Crippen LogP contribution in [0.2, 0.25) is 10.0 Å². The van der Waals surface area contributed by atoms with Gasteiger partial charge in [-0.15, -0.1) is 0 Å². The molecule has 3 fully saturated rings. The normalized spacial score (nSPS) is 19.2. The molecular formula is C33H34Cl2N6O3. The van der Waals surface area contributed by atoms with Crippen LogP contribution in [-0.4, -0.2) is 77.6 Å². The standard InChI is InChI=1S/C33H34Cl2N6O3/c1-20(42)25-17-40(21-6-7-30(37-14-21)39-15-23(16-39)38(2)3)28-12-29(27(35)11-24(28)31(25)43)41-19-33(8-9-33)13-22(41)18-44-32-26(34)5-4-10-36-32/h4-7,10-12,14,17,22-23H,8-9,13,15-16,18-19H2,1-3H3/t22-/m1/s1. The first kappa shape index (κ1) is 29.1. The summed E-state index contributed by atoms with van der Waals surface area (Å²) < 4.78 is 7.98. The molecule has 0 N–H and O–H groups in total. The van der Waals surface area contributed by atoms with Crippen molar-refractivity contribution in [1.82, 2.24) is 19.4 Å². The van der Waals surface area contributed by atoms with Crippen LogP contribution in [0.15, 0.2) is 59.8 Å². The molecule has 2 aliphatic heterocycles. The zero-order valence-electron chi connectivity index (χ0n) is 25.0. The molecule has 3 aromatic heterocycles. The number of aromatic nitrogens is 3. The number of carbonyl (C=O) groups excluding carboxylic acids is 1. The van der Waals surface area contributed by atoms with E-state index in [9.17, 15) is 9.59 Å². The number of ketones is 1. The Kier molecular flexibility index (Phi) is 7.30. The van der Waals surface area contributed by atoms with Gasteiger partial charge in [-0.25, -0.2) is 9.97 Å². The molecule has 5 heterocycles. The van der Waals surface area contributed by atoms with E-state index in [1.807, 2.05) is 22.8 Å². The van der Waals surface area contributed by atoms with Gasteiger partial charge in [0.1, 0.15) is 17.4 Å². The van der Waals surface area contributed by atoms with E-state index in [0.717, 1.165) is 56.1 Å². The van der Waals surface area contributed by atoms with Crippen molar-refractivity contribution < 1.29 is 9.53 Å². The average molecular weight is 634 g/mol. The van der Waals surface area contributed by atoms with Gasteiger partial charge in [0.05, 0.1) is 39.7 Å². The molecule has 1 aliphatic carbocycles. The van der Waals surface area contributed by atoms with Gasteiger partial charge in [0, 0.05) is 43.5 Å². The van der Waals surface area contributed by atoms with Gasteiger partial charge in [-0.05, 0) is 82.1 Å². The molecule has 7 rings (SSSR count). The zero-order valence-corrected chi connectivity index (χ0v) is 26.5. The molecule has 1 atom stereocenters. The van der Waals surface area contributed by atoms with Crippen LogP contribution in [0.4, 0.5) is 11.5 Å². The number of pyridine rings is 3. The first-order valence-electron chi connectivity index (χ1n) is 14.9. The summed E-state index contributed by atoms with van der Waals surface area (Å²) in [5.41, 5.74) is 2.26. The van der Waals surface area contributed by atoms with Crippen LogP contribution in [0.5, 0.6) is 5.88 Å². The van der Waals surface area contributed by atoms with E-state index in [1.165, 1.54) is 6.92 Å². The zero-order chi connectivity index (χ0) is 30.7. The summed E-state index contributed by atoms with van der Waals surface area (Å²) in [4.78, 5) is 41.9. The molecule has 228 valence electrons. The maximum absolute atomic E-state index is 13.5. The topological polar surface area (TPSA) is 83.8 Å². The summed E-state index contributed by atoms with van der Waals surface area (Å²) in [6.07, 6.45) is 8.37. The fourth-order valence-corrected chi connectivity index (χ4v) is 6.93. The number of hydrogen-bond donors (Lipinski definition) is 0. The summed E-state index contributed by atoms with van der Waals surface area (Å²) in [6, 6.07) is 11.7. The number of ether oxygens (including phenoxy) is 1.